The third-order valence-electron chi connectivity index (χ3n) is 2.95. The summed E-state index contributed by atoms with van der Waals surface area (Å²) >= 11 is 0. The minimum Gasteiger partial charge on any atom is -0.397 e. The summed E-state index contributed by atoms with van der Waals surface area (Å²) in [5.74, 6) is -0.261. The summed E-state index contributed by atoms with van der Waals surface area (Å²) in [6.07, 6.45) is 3.40. The molecule has 0 atom stereocenters. The first kappa shape index (κ1) is 11.5. The summed E-state index contributed by atoms with van der Waals surface area (Å²) in [5, 5.41) is 4.23. The lowest BCUT2D eigenvalue weighted by molar-refractivity contribution is 0.631. The molecule has 1 aromatic heterocycles. The van der Waals surface area contributed by atoms with Crippen molar-refractivity contribution < 1.29 is 4.39 Å². The molecule has 0 saturated heterocycles. The Morgan fingerprint density at radius 2 is 1.74 bits per heavy atom. The van der Waals surface area contributed by atoms with Gasteiger partial charge in [0.25, 0.3) is 0 Å². The van der Waals surface area contributed by atoms with Crippen LogP contribution >= 0.6 is 0 Å². The fourth-order valence-electron chi connectivity index (χ4n) is 1.99. The Morgan fingerprint density at radius 1 is 1.00 bits per heavy atom. The van der Waals surface area contributed by atoms with E-state index in [1.165, 1.54) is 6.07 Å². The summed E-state index contributed by atoms with van der Waals surface area (Å²) in [4.78, 5) is 0. The molecule has 3 nitrogen and oxygen atoms in total. The molecule has 0 radical (unpaired) electrons. The van der Waals surface area contributed by atoms with Gasteiger partial charge in [0.2, 0.25) is 0 Å². The van der Waals surface area contributed by atoms with Crippen LogP contribution in [0.3, 0.4) is 0 Å². The lowest BCUT2D eigenvalue weighted by Gasteiger charge is -2.04. The van der Waals surface area contributed by atoms with Gasteiger partial charge >= 0.3 is 0 Å². The Bertz CT molecular complexity index is 659. The number of nitrogens with two attached hydrogens (primary N) is 1. The average molecular weight is 253 g/mol. The van der Waals surface area contributed by atoms with Crippen molar-refractivity contribution in [2.75, 3.05) is 5.73 Å². The van der Waals surface area contributed by atoms with Crippen molar-refractivity contribution in [3.63, 3.8) is 0 Å². The molecule has 0 unspecified atom stereocenters. The van der Waals surface area contributed by atoms with Gasteiger partial charge in [-0.1, -0.05) is 30.3 Å². The van der Waals surface area contributed by atoms with Gasteiger partial charge in [0.05, 0.1) is 17.6 Å². The monoisotopic (exact) mass is 253 g/mol. The van der Waals surface area contributed by atoms with Crippen molar-refractivity contribution in [2.45, 2.75) is 0 Å². The molecule has 4 heteroatoms. The molecule has 2 N–H and O–H groups in total. The van der Waals surface area contributed by atoms with Crippen LogP contribution in [0.15, 0.2) is 60.9 Å². The van der Waals surface area contributed by atoms with E-state index in [0.29, 0.717) is 11.3 Å². The van der Waals surface area contributed by atoms with Crippen LogP contribution in [-0.2, 0) is 0 Å². The minimum atomic E-state index is -0.261. The van der Waals surface area contributed by atoms with E-state index in [9.17, 15) is 4.39 Å². The third kappa shape index (κ3) is 2.08. The van der Waals surface area contributed by atoms with Crippen LogP contribution in [-0.4, -0.2) is 9.78 Å². The Hall–Kier alpha value is -2.62. The first-order chi connectivity index (χ1) is 9.25. The SMILES string of the molecule is Nc1ccccc1-n1cc(-c2ccccc2F)cn1. The van der Waals surface area contributed by atoms with Gasteiger partial charge in [-0.3, -0.25) is 0 Å². The van der Waals surface area contributed by atoms with Crippen molar-refractivity contribution in [2.24, 2.45) is 0 Å². The number of hydrogen-bond acceptors (Lipinski definition) is 2. The number of rotatable bonds is 2. The summed E-state index contributed by atoms with van der Waals surface area (Å²) in [5.41, 5.74) is 8.56. The van der Waals surface area contributed by atoms with E-state index in [1.807, 2.05) is 18.2 Å². The molecule has 0 aliphatic carbocycles. The van der Waals surface area contributed by atoms with Gasteiger partial charge in [-0.15, -0.1) is 0 Å². The van der Waals surface area contributed by atoms with Gasteiger partial charge in [0, 0.05) is 17.3 Å². The number of hydrogen-bond donors (Lipinski definition) is 1. The van der Waals surface area contributed by atoms with E-state index in [-0.39, 0.29) is 5.82 Å². The van der Waals surface area contributed by atoms with E-state index < -0.39 is 0 Å². The maximum atomic E-state index is 13.7. The Kier molecular flexibility index (Phi) is 2.76. The summed E-state index contributed by atoms with van der Waals surface area (Å²) in [6, 6.07) is 14.0. The van der Waals surface area contributed by atoms with Gasteiger partial charge in [0.15, 0.2) is 0 Å². The first-order valence-corrected chi connectivity index (χ1v) is 5.90. The number of halogens is 1. The van der Waals surface area contributed by atoms with E-state index in [4.69, 9.17) is 5.73 Å². The third-order valence-corrected chi connectivity index (χ3v) is 2.95. The summed E-state index contributed by atoms with van der Waals surface area (Å²) < 4.78 is 15.4. The Labute approximate surface area is 110 Å². The topological polar surface area (TPSA) is 43.8 Å². The highest BCUT2D eigenvalue weighted by molar-refractivity contribution is 5.64. The lowest BCUT2D eigenvalue weighted by Crippen LogP contribution is -1.99. The van der Waals surface area contributed by atoms with E-state index >= 15 is 0 Å². The molecule has 3 aromatic rings. The first-order valence-electron chi connectivity index (χ1n) is 5.90. The second kappa shape index (κ2) is 4.57. The minimum absolute atomic E-state index is 0.261. The molecule has 2 aromatic carbocycles. The van der Waals surface area contributed by atoms with Crippen molar-refractivity contribution in [3.05, 3.63) is 66.7 Å². The largest absolute Gasteiger partial charge is 0.397 e. The van der Waals surface area contributed by atoms with Crippen LogP contribution in [0, 0.1) is 5.82 Å². The predicted molar refractivity (Wildman–Crippen MR) is 73.4 cm³/mol. The van der Waals surface area contributed by atoms with E-state index in [2.05, 4.69) is 5.10 Å². The second-order valence-electron chi connectivity index (χ2n) is 4.21. The van der Waals surface area contributed by atoms with Crippen molar-refractivity contribution in [3.8, 4) is 16.8 Å². The summed E-state index contributed by atoms with van der Waals surface area (Å²) in [7, 11) is 0. The highest BCUT2D eigenvalue weighted by atomic mass is 19.1. The predicted octanol–water partition coefficient (Wildman–Crippen LogP) is 3.26. The average Bonchev–Trinajstić information content (AvgIpc) is 2.89. The van der Waals surface area contributed by atoms with E-state index in [0.717, 1.165) is 11.3 Å². The Morgan fingerprint density at radius 3 is 2.53 bits per heavy atom. The molecule has 0 fully saturated rings. The number of anilines is 1. The van der Waals surface area contributed by atoms with Crippen molar-refractivity contribution >= 4 is 5.69 Å². The van der Waals surface area contributed by atoms with Crippen molar-refractivity contribution in [1.82, 2.24) is 9.78 Å². The fourth-order valence-corrected chi connectivity index (χ4v) is 1.99. The normalized spacial score (nSPS) is 10.6. The number of nitrogens with zero attached hydrogens (tertiary/aromatic N) is 2. The molecule has 0 aliphatic heterocycles. The van der Waals surface area contributed by atoms with Gasteiger partial charge in [-0.05, 0) is 18.2 Å². The summed E-state index contributed by atoms with van der Waals surface area (Å²) in [6.45, 7) is 0. The van der Waals surface area contributed by atoms with Crippen LogP contribution < -0.4 is 5.73 Å². The molecule has 0 bridgehead atoms. The molecule has 19 heavy (non-hydrogen) atoms. The fraction of sp³-hybridized carbons (Fsp3) is 0. The molecule has 0 amide bonds. The van der Waals surface area contributed by atoms with Crippen LogP contribution in [0.5, 0.6) is 0 Å². The smallest absolute Gasteiger partial charge is 0.131 e. The highest BCUT2D eigenvalue weighted by Crippen LogP contribution is 2.24. The molecule has 0 aliphatic rings. The van der Waals surface area contributed by atoms with Crippen molar-refractivity contribution in [1.29, 1.82) is 0 Å². The number of benzene rings is 2. The zero-order valence-corrected chi connectivity index (χ0v) is 10.1. The highest BCUT2D eigenvalue weighted by Gasteiger charge is 2.08. The lowest BCUT2D eigenvalue weighted by atomic mass is 10.1. The molecule has 0 saturated carbocycles. The van der Waals surface area contributed by atoms with Gasteiger partial charge < -0.3 is 5.73 Å². The molecule has 94 valence electrons. The van der Waals surface area contributed by atoms with E-state index in [1.54, 1.807) is 41.3 Å². The van der Waals surface area contributed by atoms with Gasteiger partial charge in [0.1, 0.15) is 5.82 Å². The van der Waals surface area contributed by atoms with Crippen LogP contribution in [0.25, 0.3) is 16.8 Å². The van der Waals surface area contributed by atoms with Crippen LogP contribution in [0.4, 0.5) is 10.1 Å². The van der Waals surface area contributed by atoms with Gasteiger partial charge in [-0.2, -0.15) is 5.10 Å². The zero-order chi connectivity index (χ0) is 13.2. The Balaban J connectivity index is 2.06. The van der Waals surface area contributed by atoms with Crippen LogP contribution in [0.2, 0.25) is 0 Å². The standard InChI is InChI=1S/C15H12FN3/c16-13-6-2-1-5-12(13)11-9-18-19(10-11)15-8-4-3-7-14(15)17/h1-10H,17H2. The molecule has 1 heterocycles. The second-order valence-corrected chi connectivity index (χ2v) is 4.21. The zero-order valence-electron chi connectivity index (χ0n) is 10.1. The number of nitrogen functional groups attached to an aromatic ring is 1. The molecular formula is C15H12FN3. The van der Waals surface area contributed by atoms with Gasteiger partial charge in [-0.25, -0.2) is 9.07 Å². The molecule has 0 spiro atoms. The molecule has 3 rings (SSSR count). The number of aromatic nitrogens is 2. The quantitative estimate of drug-likeness (QED) is 0.712. The maximum absolute atomic E-state index is 13.7. The number of para-hydroxylation sites is 2. The molecular weight excluding hydrogens is 241 g/mol. The van der Waals surface area contributed by atoms with Crippen LogP contribution in [0.1, 0.15) is 0 Å². The maximum Gasteiger partial charge on any atom is 0.131 e.